The van der Waals surface area contributed by atoms with Crippen molar-refractivity contribution in [3.63, 3.8) is 0 Å². The lowest BCUT2D eigenvalue weighted by molar-refractivity contribution is -0.130. The molecule has 6 nitrogen and oxygen atoms in total. The van der Waals surface area contributed by atoms with Gasteiger partial charge in [-0.15, -0.1) is 0 Å². The Kier molecular flexibility index (Phi) is 5.52. The summed E-state index contributed by atoms with van der Waals surface area (Å²) in [5.74, 6) is 1.43. The number of hydrogen-bond donors (Lipinski definition) is 2. The molecule has 2 saturated heterocycles. The molecule has 27 heavy (non-hydrogen) atoms. The molecule has 144 valence electrons. The van der Waals surface area contributed by atoms with E-state index >= 15 is 0 Å². The number of rotatable bonds is 7. The molecule has 0 spiro atoms. The van der Waals surface area contributed by atoms with Gasteiger partial charge in [0, 0.05) is 70.4 Å². The van der Waals surface area contributed by atoms with Gasteiger partial charge in [0.05, 0.1) is 5.41 Å². The van der Waals surface area contributed by atoms with E-state index in [1.165, 1.54) is 5.56 Å². The number of aromatic nitrogens is 2. The van der Waals surface area contributed by atoms with Crippen LogP contribution < -0.4 is 10.6 Å². The minimum Gasteiger partial charge on any atom is -0.355 e. The minimum absolute atomic E-state index is 0.202. The van der Waals surface area contributed by atoms with Crippen LogP contribution in [0.2, 0.25) is 0 Å². The summed E-state index contributed by atoms with van der Waals surface area (Å²) in [5.41, 5.74) is 1.02. The van der Waals surface area contributed by atoms with Gasteiger partial charge in [-0.05, 0) is 5.56 Å². The lowest BCUT2D eigenvalue weighted by atomic mass is 9.80. The van der Waals surface area contributed by atoms with Crippen LogP contribution in [0, 0.1) is 11.3 Å². The normalized spacial score (nSPS) is 24.9. The minimum atomic E-state index is -0.289. The molecular formula is C20H27N5OS. The number of fused-ring (bicyclic) bond motifs is 1. The third-order valence-corrected chi connectivity index (χ3v) is 6.75. The van der Waals surface area contributed by atoms with E-state index in [4.69, 9.17) is 0 Å². The van der Waals surface area contributed by atoms with E-state index in [1.807, 2.05) is 23.9 Å². The van der Waals surface area contributed by atoms with Crippen molar-refractivity contribution in [3.05, 3.63) is 48.3 Å². The number of nitrogens with zero attached hydrogens (tertiary/aromatic N) is 3. The number of aryl methyl sites for hydroxylation is 1. The molecule has 0 radical (unpaired) electrons. The number of thioether (sulfide) groups is 1. The van der Waals surface area contributed by atoms with E-state index in [0.717, 1.165) is 43.6 Å². The van der Waals surface area contributed by atoms with E-state index in [9.17, 15) is 4.79 Å². The number of imidazole rings is 1. The summed E-state index contributed by atoms with van der Waals surface area (Å²) in [5, 5.41) is 7.62. The molecule has 4 rings (SSSR count). The highest BCUT2D eigenvalue weighted by Gasteiger charge is 2.54. The Labute approximate surface area is 164 Å². The van der Waals surface area contributed by atoms with Gasteiger partial charge in [-0.25, -0.2) is 4.98 Å². The van der Waals surface area contributed by atoms with Crippen LogP contribution in [0.5, 0.6) is 0 Å². The highest BCUT2D eigenvalue weighted by Crippen LogP contribution is 2.39. The molecule has 2 aliphatic heterocycles. The number of carbonyl (C=O) groups is 1. The van der Waals surface area contributed by atoms with Gasteiger partial charge in [0.2, 0.25) is 5.91 Å². The van der Waals surface area contributed by atoms with Crippen LogP contribution in [0.1, 0.15) is 5.56 Å². The second kappa shape index (κ2) is 8.04. The maximum absolute atomic E-state index is 13.1. The molecule has 2 N–H and O–H groups in total. The summed E-state index contributed by atoms with van der Waals surface area (Å²) in [6, 6.07) is 10.5. The maximum Gasteiger partial charge on any atom is 0.229 e. The van der Waals surface area contributed by atoms with Gasteiger partial charge in [0.1, 0.15) is 0 Å². The van der Waals surface area contributed by atoms with Crippen LogP contribution in [0.25, 0.3) is 0 Å². The first-order valence-corrected chi connectivity index (χ1v) is 10.5. The van der Waals surface area contributed by atoms with Crippen LogP contribution in [0.3, 0.4) is 0 Å². The second-order valence-corrected chi connectivity index (χ2v) is 8.63. The van der Waals surface area contributed by atoms with Crippen molar-refractivity contribution in [2.45, 2.75) is 11.7 Å². The van der Waals surface area contributed by atoms with Gasteiger partial charge >= 0.3 is 0 Å². The lowest BCUT2D eigenvalue weighted by Crippen LogP contribution is -2.47. The summed E-state index contributed by atoms with van der Waals surface area (Å²) < 4.78 is 2.00. The van der Waals surface area contributed by atoms with Gasteiger partial charge in [-0.2, -0.15) is 0 Å². The van der Waals surface area contributed by atoms with E-state index in [2.05, 4.69) is 44.8 Å². The Morgan fingerprint density at radius 2 is 2.26 bits per heavy atom. The Morgan fingerprint density at radius 1 is 1.41 bits per heavy atom. The Morgan fingerprint density at radius 3 is 3.04 bits per heavy atom. The monoisotopic (exact) mass is 385 g/mol. The molecule has 2 aliphatic rings. The van der Waals surface area contributed by atoms with Crippen molar-refractivity contribution < 1.29 is 4.79 Å². The van der Waals surface area contributed by atoms with Gasteiger partial charge in [0.15, 0.2) is 5.16 Å². The number of benzene rings is 1. The third-order valence-electron chi connectivity index (χ3n) is 5.69. The zero-order valence-electron chi connectivity index (χ0n) is 15.7. The highest BCUT2D eigenvalue weighted by molar-refractivity contribution is 7.99. The number of carbonyl (C=O) groups excluding carboxylic acids is 1. The van der Waals surface area contributed by atoms with Crippen molar-refractivity contribution in [2.75, 3.05) is 38.5 Å². The molecule has 1 aromatic carbocycles. The van der Waals surface area contributed by atoms with Crippen LogP contribution in [0.15, 0.2) is 47.9 Å². The Bertz CT molecular complexity index is 780. The summed E-state index contributed by atoms with van der Waals surface area (Å²) in [6.07, 6.45) is 3.74. The Hall–Kier alpha value is -1.83. The van der Waals surface area contributed by atoms with E-state index in [-0.39, 0.29) is 11.3 Å². The molecule has 0 bridgehead atoms. The topological polar surface area (TPSA) is 62.2 Å². The molecule has 3 heterocycles. The number of nitrogens with one attached hydrogen (secondary N) is 2. The maximum atomic E-state index is 13.1. The standard InChI is InChI=1S/C20H27N5OS/c1-24-9-7-23-19(24)27-10-8-22-18(26)20-14-21-11-17(20)13-25(15-20)12-16-5-3-2-4-6-16/h2-7,9,17,21H,8,10-15H2,1H3,(H,22,26)/t17-,20-/m0/s1. The predicted octanol–water partition coefficient (Wildman–Crippen LogP) is 1.35. The van der Waals surface area contributed by atoms with Crippen LogP contribution in [-0.4, -0.2) is 58.8 Å². The molecule has 1 aromatic heterocycles. The van der Waals surface area contributed by atoms with Gasteiger partial charge in [0.25, 0.3) is 0 Å². The van der Waals surface area contributed by atoms with Crippen molar-refractivity contribution in [3.8, 4) is 0 Å². The average Bonchev–Trinajstić information content (AvgIpc) is 3.34. The molecule has 0 aliphatic carbocycles. The van der Waals surface area contributed by atoms with E-state index in [0.29, 0.717) is 12.5 Å². The van der Waals surface area contributed by atoms with Gasteiger partial charge in [-0.3, -0.25) is 9.69 Å². The molecule has 0 saturated carbocycles. The molecular weight excluding hydrogens is 358 g/mol. The van der Waals surface area contributed by atoms with Crippen molar-refractivity contribution in [2.24, 2.45) is 18.4 Å². The zero-order valence-corrected chi connectivity index (χ0v) is 16.5. The van der Waals surface area contributed by atoms with E-state index < -0.39 is 0 Å². The van der Waals surface area contributed by atoms with E-state index in [1.54, 1.807) is 18.0 Å². The average molecular weight is 386 g/mol. The predicted molar refractivity (Wildman–Crippen MR) is 107 cm³/mol. The fourth-order valence-electron chi connectivity index (χ4n) is 4.28. The third kappa shape index (κ3) is 3.90. The van der Waals surface area contributed by atoms with Crippen LogP contribution in [0.4, 0.5) is 0 Å². The summed E-state index contributed by atoms with van der Waals surface area (Å²) in [6.45, 7) is 5.11. The molecule has 2 fully saturated rings. The highest BCUT2D eigenvalue weighted by atomic mass is 32.2. The summed E-state index contributed by atoms with van der Waals surface area (Å²) >= 11 is 1.67. The molecule has 0 unspecified atom stereocenters. The molecule has 2 atom stereocenters. The molecule has 1 amide bonds. The SMILES string of the molecule is Cn1ccnc1SCCNC(=O)[C@]12CNC[C@H]1CN(Cc1ccccc1)C2. The number of amides is 1. The summed E-state index contributed by atoms with van der Waals surface area (Å²) in [4.78, 5) is 19.8. The van der Waals surface area contributed by atoms with Crippen molar-refractivity contribution in [1.29, 1.82) is 0 Å². The van der Waals surface area contributed by atoms with Gasteiger partial charge in [-0.1, -0.05) is 42.1 Å². The summed E-state index contributed by atoms with van der Waals surface area (Å²) in [7, 11) is 1.99. The number of likely N-dealkylation sites (tertiary alicyclic amines) is 1. The zero-order chi connectivity index (χ0) is 18.7. The first-order chi connectivity index (χ1) is 13.2. The second-order valence-electron chi connectivity index (χ2n) is 7.56. The fourth-order valence-corrected chi connectivity index (χ4v) is 5.07. The van der Waals surface area contributed by atoms with Crippen LogP contribution >= 0.6 is 11.8 Å². The van der Waals surface area contributed by atoms with Crippen molar-refractivity contribution >= 4 is 17.7 Å². The Balaban J connectivity index is 1.32. The van der Waals surface area contributed by atoms with Crippen molar-refractivity contribution in [1.82, 2.24) is 25.1 Å². The smallest absolute Gasteiger partial charge is 0.229 e. The first-order valence-electron chi connectivity index (χ1n) is 9.53. The van der Waals surface area contributed by atoms with Crippen LogP contribution in [-0.2, 0) is 18.4 Å². The fraction of sp³-hybridized carbons (Fsp3) is 0.500. The van der Waals surface area contributed by atoms with Gasteiger partial charge < -0.3 is 15.2 Å². The first kappa shape index (κ1) is 18.5. The lowest BCUT2D eigenvalue weighted by Gasteiger charge is -2.27. The molecule has 7 heteroatoms. The largest absolute Gasteiger partial charge is 0.355 e. The number of hydrogen-bond acceptors (Lipinski definition) is 5. The molecule has 2 aromatic rings. The quantitative estimate of drug-likeness (QED) is 0.557.